The van der Waals surface area contributed by atoms with Crippen LogP contribution in [0.3, 0.4) is 0 Å². The number of Topliss-reactive ketones (excluding diaryl/α,β-unsaturated/α-hetero) is 1. The summed E-state index contributed by atoms with van der Waals surface area (Å²) in [6.45, 7) is 3.49. The van der Waals surface area contributed by atoms with Crippen LogP contribution in [-0.2, 0) is 0 Å². The standard InChI is InChI=1S/C12H17NO3/c1-7-10(12(14)8(2)13)5-9(15-3)6-11(7)16-4/h5-6,8H,13H2,1-4H3. The van der Waals surface area contributed by atoms with Crippen LogP contribution >= 0.6 is 0 Å². The zero-order valence-corrected chi connectivity index (χ0v) is 10.0. The third kappa shape index (κ3) is 2.33. The van der Waals surface area contributed by atoms with Crippen molar-refractivity contribution in [3.05, 3.63) is 23.3 Å². The highest BCUT2D eigenvalue weighted by atomic mass is 16.5. The molecule has 0 amide bonds. The van der Waals surface area contributed by atoms with Gasteiger partial charge in [0.05, 0.1) is 20.3 Å². The lowest BCUT2D eigenvalue weighted by Gasteiger charge is -2.13. The summed E-state index contributed by atoms with van der Waals surface area (Å²) in [6, 6.07) is 2.90. The van der Waals surface area contributed by atoms with Crippen molar-refractivity contribution in [3.8, 4) is 11.5 Å². The molecular formula is C12H17NO3. The Bertz CT molecular complexity index is 399. The fourth-order valence-corrected chi connectivity index (χ4v) is 1.49. The van der Waals surface area contributed by atoms with E-state index in [1.807, 2.05) is 6.92 Å². The van der Waals surface area contributed by atoms with Crippen LogP contribution in [0.2, 0.25) is 0 Å². The Kier molecular flexibility index (Phi) is 3.90. The molecule has 0 fully saturated rings. The first-order valence-corrected chi connectivity index (χ1v) is 5.03. The minimum Gasteiger partial charge on any atom is -0.497 e. The number of carbonyl (C=O) groups excluding carboxylic acids is 1. The van der Waals surface area contributed by atoms with Crippen LogP contribution in [0.25, 0.3) is 0 Å². The number of hydrogen-bond acceptors (Lipinski definition) is 4. The van der Waals surface area contributed by atoms with Crippen LogP contribution in [0.1, 0.15) is 22.8 Å². The van der Waals surface area contributed by atoms with Crippen molar-refractivity contribution in [2.75, 3.05) is 14.2 Å². The fourth-order valence-electron chi connectivity index (χ4n) is 1.49. The quantitative estimate of drug-likeness (QED) is 0.786. The zero-order chi connectivity index (χ0) is 12.3. The van der Waals surface area contributed by atoms with Crippen molar-refractivity contribution < 1.29 is 14.3 Å². The van der Waals surface area contributed by atoms with Gasteiger partial charge in [0.25, 0.3) is 0 Å². The average molecular weight is 223 g/mol. The van der Waals surface area contributed by atoms with Crippen LogP contribution in [0.4, 0.5) is 0 Å². The highest BCUT2D eigenvalue weighted by Crippen LogP contribution is 2.28. The Balaban J connectivity index is 3.31. The molecule has 4 heteroatoms. The van der Waals surface area contributed by atoms with E-state index in [9.17, 15) is 4.79 Å². The number of nitrogens with two attached hydrogens (primary N) is 1. The van der Waals surface area contributed by atoms with Gasteiger partial charge in [0, 0.05) is 17.2 Å². The van der Waals surface area contributed by atoms with Gasteiger partial charge in [-0.3, -0.25) is 4.79 Å². The van der Waals surface area contributed by atoms with Gasteiger partial charge in [-0.25, -0.2) is 0 Å². The molecule has 1 aromatic carbocycles. The summed E-state index contributed by atoms with van der Waals surface area (Å²) in [5.74, 6) is 1.10. The summed E-state index contributed by atoms with van der Waals surface area (Å²) < 4.78 is 10.3. The van der Waals surface area contributed by atoms with Gasteiger partial charge in [0.2, 0.25) is 0 Å². The van der Waals surface area contributed by atoms with E-state index in [0.29, 0.717) is 17.1 Å². The number of hydrogen-bond donors (Lipinski definition) is 1. The second-order valence-electron chi connectivity index (χ2n) is 3.66. The molecule has 0 saturated carbocycles. The number of methoxy groups -OCH3 is 2. The van der Waals surface area contributed by atoms with Crippen molar-refractivity contribution in [2.45, 2.75) is 19.9 Å². The molecule has 0 radical (unpaired) electrons. The summed E-state index contributed by atoms with van der Waals surface area (Å²) in [5.41, 5.74) is 6.92. The number of ether oxygens (including phenoxy) is 2. The monoisotopic (exact) mass is 223 g/mol. The van der Waals surface area contributed by atoms with Crippen molar-refractivity contribution >= 4 is 5.78 Å². The molecule has 0 saturated heterocycles. The second-order valence-corrected chi connectivity index (χ2v) is 3.66. The Morgan fingerprint density at radius 3 is 2.38 bits per heavy atom. The van der Waals surface area contributed by atoms with Gasteiger partial charge in [-0.1, -0.05) is 0 Å². The molecule has 0 aliphatic heterocycles. The summed E-state index contributed by atoms with van der Waals surface area (Å²) in [4.78, 5) is 11.9. The number of benzene rings is 1. The van der Waals surface area contributed by atoms with Crippen molar-refractivity contribution in [3.63, 3.8) is 0 Å². The van der Waals surface area contributed by atoms with Crippen molar-refractivity contribution in [1.82, 2.24) is 0 Å². The Morgan fingerprint density at radius 1 is 1.31 bits per heavy atom. The lowest BCUT2D eigenvalue weighted by atomic mass is 9.99. The minimum atomic E-state index is -0.532. The van der Waals surface area contributed by atoms with Gasteiger partial charge in [-0.05, 0) is 19.9 Å². The first-order chi connectivity index (χ1) is 7.51. The molecular weight excluding hydrogens is 206 g/mol. The molecule has 88 valence electrons. The number of carbonyl (C=O) groups is 1. The molecule has 16 heavy (non-hydrogen) atoms. The van der Waals surface area contributed by atoms with Gasteiger partial charge < -0.3 is 15.2 Å². The molecule has 0 aliphatic carbocycles. The maximum atomic E-state index is 11.9. The minimum absolute atomic E-state index is 0.116. The van der Waals surface area contributed by atoms with Crippen LogP contribution < -0.4 is 15.2 Å². The highest BCUT2D eigenvalue weighted by molar-refractivity contribution is 6.01. The lowest BCUT2D eigenvalue weighted by Crippen LogP contribution is -2.27. The van der Waals surface area contributed by atoms with Gasteiger partial charge in [-0.2, -0.15) is 0 Å². The maximum absolute atomic E-state index is 11.9. The number of rotatable bonds is 4. The molecule has 0 aromatic heterocycles. The van der Waals surface area contributed by atoms with Crippen LogP contribution in [-0.4, -0.2) is 26.0 Å². The largest absolute Gasteiger partial charge is 0.497 e. The van der Waals surface area contributed by atoms with Gasteiger partial charge in [0.15, 0.2) is 5.78 Å². The molecule has 1 atom stereocenters. The smallest absolute Gasteiger partial charge is 0.179 e. The molecule has 0 aliphatic rings. The topological polar surface area (TPSA) is 61.5 Å². The van der Waals surface area contributed by atoms with Crippen molar-refractivity contribution in [1.29, 1.82) is 0 Å². The van der Waals surface area contributed by atoms with E-state index in [0.717, 1.165) is 5.56 Å². The van der Waals surface area contributed by atoms with Gasteiger partial charge in [-0.15, -0.1) is 0 Å². The maximum Gasteiger partial charge on any atom is 0.179 e. The molecule has 0 spiro atoms. The van der Waals surface area contributed by atoms with Gasteiger partial charge in [0.1, 0.15) is 11.5 Å². The Morgan fingerprint density at radius 2 is 1.94 bits per heavy atom. The fraction of sp³-hybridized carbons (Fsp3) is 0.417. The molecule has 4 nitrogen and oxygen atoms in total. The summed E-state index contributed by atoms with van der Waals surface area (Å²) in [6.07, 6.45) is 0. The predicted octanol–water partition coefficient (Wildman–Crippen LogP) is 1.54. The summed E-state index contributed by atoms with van der Waals surface area (Å²) in [5, 5.41) is 0. The van der Waals surface area contributed by atoms with E-state index in [1.54, 1.807) is 33.3 Å². The van der Waals surface area contributed by atoms with E-state index in [4.69, 9.17) is 15.2 Å². The van der Waals surface area contributed by atoms with Crippen LogP contribution in [0.15, 0.2) is 12.1 Å². The third-order valence-corrected chi connectivity index (χ3v) is 2.47. The summed E-state index contributed by atoms with van der Waals surface area (Å²) >= 11 is 0. The molecule has 1 rings (SSSR count). The Hall–Kier alpha value is -1.55. The highest BCUT2D eigenvalue weighted by Gasteiger charge is 2.17. The molecule has 0 bridgehead atoms. The molecule has 1 unspecified atom stereocenters. The second kappa shape index (κ2) is 4.99. The number of ketones is 1. The molecule has 0 heterocycles. The first-order valence-electron chi connectivity index (χ1n) is 5.03. The normalized spacial score (nSPS) is 12.1. The zero-order valence-electron chi connectivity index (χ0n) is 10.0. The Labute approximate surface area is 95.3 Å². The van der Waals surface area contributed by atoms with Crippen molar-refractivity contribution in [2.24, 2.45) is 5.73 Å². The van der Waals surface area contributed by atoms with E-state index < -0.39 is 6.04 Å². The predicted molar refractivity (Wildman–Crippen MR) is 62.3 cm³/mol. The van der Waals surface area contributed by atoms with Crippen LogP contribution in [0.5, 0.6) is 11.5 Å². The van der Waals surface area contributed by atoms with E-state index in [-0.39, 0.29) is 5.78 Å². The van der Waals surface area contributed by atoms with Crippen LogP contribution in [0, 0.1) is 6.92 Å². The first kappa shape index (κ1) is 12.5. The summed E-state index contributed by atoms with van der Waals surface area (Å²) in [7, 11) is 3.10. The SMILES string of the molecule is COc1cc(OC)c(C)c(C(=O)C(C)N)c1. The van der Waals surface area contributed by atoms with E-state index in [2.05, 4.69) is 0 Å². The molecule has 2 N–H and O–H groups in total. The molecule has 1 aromatic rings. The van der Waals surface area contributed by atoms with Gasteiger partial charge >= 0.3 is 0 Å². The average Bonchev–Trinajstić information content (AvgIpc) is 2.28. The van der Waals surface area contributed by atoms with E-state index in [1.165, 1.54) is 0 Å². The lowest BCUT2D eigenvalue weighted by molar-refractivity contribution is 0.0966. The third-order valence-electron chi connectivity index (χ3n) is 2.47. The van der Waals surface area contributed by atoms with E-state index >= 15 is 0 Å².